The predicted octanol–water partition coefficient (Wildman–Crippen LogP) is 2.01. The summed E-state index contributed by atoms with van der Waals surface area (Å²) in [5.74, 6) is 0. The van der Waals surface area contributed by atoms with Crippen LogP contribution >= 0.6 is 0 Å². The van der Waals surface area contributed by atoms with Crippen LogP contribution in [0.3, 0.4) is 0 Å². The van der Waals surface area contributed by atoms with E-state index < -0.39 is 0 Å². The molecule has 1 atom stereocenters. The molecule has 0 aliphatic carbocycles. The van der Waals surface area contributed by atoms with Crippen molar-refractivity contribution in [2.45, 2.75) is 12.5 Å². The van der Waals surface area contributed by atoms with Crippen molar-refractivity contribution in [1.82, 2.24) is 10.3 Å². The van der Waals surface area contributed by atoms with Gasteiger partial charge >= 0.3 is 0 Å². The van der Waals surface area contributed by atoms with Crippen LogP contribution in [0.4, 0.5) is 0 Å². The number of carbonyl (C=O) groups is 1. The van der Waals surface area contributed by atoms with Gasteiger partial charge in [-0.3, -0.25) is 4.79 Å². The van der Waals surface area contributed by atoms with E-state index in [1.54, 1.807) is 6.08 Å². The molecular formula is C13H14N2O. The minimum Gasteiger partial charge on any atom is -0.361 e. The van der Waals surface area contributed by atoms with E-state index in [0.717, 1.165) is 11.9 Å². The molecule has 0 saturated carbocycles. The van der Waals surface area contributed by atoms with Crippen molar-refractivity contribution in [2.75, 3.05) is 0 Å². The van der Waals surface area contributed by atoms with Crippen LogP contribution in [0, 0.1) is 0 Å². The number of para-hydroxylation sites is 1. The third-order valence-electron chi connectivity index (χ3n) is 2.68. The van der Waals surface area contributed by atoms with Gasteiger partial charge in [0.1, 0.15) is 0 Å². The molecule has 3 nitrogen and oxygen atoms in total. The highest BCUT2D eigenvalue weighted by molar-refractivity contribution is 5.83. The molecule has 0 spiro atoms. The first-order valence-corrected chi connectivity index (χ1v) is 5.22. The minimum atomic E-state index is -0.0169. The van der Waals surface area contributed by atoms with Crippen LogP contribution in [0.5, 0.6) is 0 Å². The second kappa shape index (κ2) is 4.66. The summed E-state index contributed by atoms with van der Waals surface area (Å²) in [5, 5.41) is 3.92. The molecule has 0 saturated heterocycles. The summed E-state index contributed by atoms with van der Waals surface area (Å²) >= 11 is 0. The maximum absolute atomic E-state index is 10.4. The van der Waals surface area contributed by atoms with Crippen LogP contribution in [0.2, 0.25) is 0 Å². The topological polar surface area (TPSA) is 44.9 Å². The number of aromatic amines is 1. The lowest BCUT2D eigenvalue weighted by Gasteiger charge is -2.09. The van der Waals surface area contributed by atoms with E-state index in [0.29, 0.717) is 6.41 Å². The number of benzene rings is 1. The third-order valence-corrected chi connectivity index (χ3v) is 2.68. The number of fused-ring (bicyclic) bond motifs is 1. The Morgan fingerprint density at radius 2 is 2.25 bits per heavy atom. The molecule has 2 N–H and O–H groups in total. The molecule has 2 aromatic rings. The third kappa shape index (κ3) is 1.98. The van der Waals surface area contributed by atoms with Gasteiger partial charge in [-0.2, -0.15) is 0 Å². The Balaban J connectivity index is 2.26. The lowest BCUT2D eigenvalue weighted by Crippen LogP contribution is -2.27. The fraction of sp³-hybridized carbons (Fsp3) is 0.154. The molecule has 82 valence electrons. The zero-order chi connectivity index (χ0) is 11.4. The molecule has 2 rings (SSSR count). The molecule has 1 unspecified atom stereocenters. The van der Waals surface area contributed by atoms with Gasteiger partial charge in [-0.05, 0) is 18.1 Å². The highest BCUT2D eigenvalue weighted by Crippen LogP contribution is 2.19. The molecule has 1 amide bonds. The van der Waals surface area contributed by atoms with Crippen molar-refractivity contribution in [3.63, 3.8) is 0 Å². The zero-order valence-corrected chi connectivity index (χ0v) is 8.94. The summed E-state index contributed by atoms with van der Waals surface area (Å²) in [4.78, 5) is 13.6. The molecule has 3 heteroatoms. The number of hydrogen-bond donors (Lipinski definition) is 2. The van der Waals surface area contributed by atoms with Crippen LogP contribution in [0.15, 0.2) is 43.1 Å². The smallest absolute Gasteiger partial charge is 0.207 e. The van der Waals surface area contributed by atoms with Crippen molar-refractivity contribution >= 4 is 17.3 Å². The Bertz CT molecular complexity index is 501. The lowest BCUT2D eigenvalue weighted by atomic mass is 10.1. The van der Waals surface area contributed by atoms with Crippen molar-refractivity contribution in [2.24, 2.45) is 0 Å². The van der Waals surface area contributed by atoms with Gasteiger partial charge in [0.15, 0.2) is 0 Å². The van der Waals surface area contributed by atoms with Gasteiger partial charge in [-0.1, -0.05) is 24.3 Å². The fourth-order valence-electron chi connectivity index (χ4n) is 1.84. The van der Waals surface area contributed by atoms with Gasteiger partial charge in [0.2, 0.25) is 6.41 Å². The maximum atomic E-state index is 10.4. The monoisotopic (exact) mass is 214 g/mol. The van der Waals surface area contributed by atoms with Gasteiger partial charge in [0.25, 0.3) is 0 Å². The molecule has 0 bridgehead atoms. The summed E-state index contributed by atoms with van der Waals surface area (Å²) in [5.41, 5.74) is 2.31. The molecular weight excluding hydrogens is 200 g/mol. The van der Waals surface area contributed by atoms with Crippen LogP contribution in [0.1, 0.15) is 5.56 Å². The second-order valence-corrected chi connectivity index (χ2v) is 3.69. The molecule has 0 fully saturated rings. The largest absolute Gasteiger partial charge is 0.361 e. The number of aromatic nitrogens is 1. The molecule has 1 aromatic carbocycles. The molecule has 0 aliphatic rings. The minimum absolute atomic E-state index is 0.0169. The van der Waals surface area contributed by atoms with Crippen molar-refractivity contribution in [3.8, 4) is 0 Å². The van der Waals surface area contributed by atoms with E-state index in [-0.39, 0.29) is 6.04 Å². The average Bonchev–Trinajstić information content (AvgIpc) is 2.72. The van der Waals surface area contributed by atoms with E-state index in [9.17, 15) is 4.79 Å². The fourth-order valence-corrected chi connectivity index (χ4v) is 1.84. The SMILES string of the molecule is C=CC(Cc1c[nH]c2ccccc12)NC=O. The normalized spacial score (nSPS) is 12.2. The number of rotatable bonds is 5. The van der Waals surface area contributed by atoms with Crippen LogP contribution in [-0.2, 0) is 11.2 Å². The van der Waals surface area contributed by atoms with Crippen molar-refractivity contribution in [1.29, 1.82) is 0 Å². The molecule has 16 heavy (non-hydrogen) atoms. The summed E-state index contributed by atoms with van der Waals surface area (Å²) in [7, 11) is 0. The van der Waals surface area contributed by atoms with Gasteiger partial charge in [0, 0.05) is 17.1 Å². The van der Waals surface area contributed by atoms with E-state index >= 15 is 0 Å². The Labute approximate surface area is 94.2 Å². The quantitative estimate of drug-likeness (QED) is 0.580. The summed E-state index contributed by atoms with van der Waals surface area (Å²) < 4.78 is 0. The lowest BCUT2D eigenvalue weighted by molar-refractivity contribution is -0.109. The van der Waals surface area contributed by atoms with Crippen molar-refractivity contribution < 1.29 is 4.79 Å². The standard InChI is InChI=1S/C13H14N2O/c1-2-11(15-9-16)7-10-8-14-13-6-4-3-5-12(10)13/h2-6,8-9,11,14H,1,7H2,(H,15,16). The Morgan fingerprint density at radius 1 is 1.44 bits per heavy atom. The summed E-state index contributed by atoms with van der Waals surface area (Å²) in [6.45, 7) is 3.71. The van der Waals surface area contributed by atoms with E-state index in [1.165, 1.54) is 10.9 Å². The molecule has 1 aromatic heterocycles. The molecule has 0 radical (unpaired) electrons. The van der Waals surface area contributed by atoms with Crippen LogP contribution in [-0.4, -0.2) is 17.4 Å². The first kappa shape index (κ1) is 10.5. The van der Waals surface area contributed by atoms with Gasteiger partial charge in [-0.15, -0.1) is 6.58 Å². The summed E-state index contributed by atoms with van der Waals surface area (Å²) in [6.07, 6.45) is 5.19. The second-order valence-electron chi connectivity index (χ2n) is 3.69. The molecule has 0 aliphatic heterocycles. The number of carbonyl (C=O) groups excluding carboxylic acids is 1. The number of amides is 1. The van der Waals surface area contributed by atoms with Gasteiger partial charge in [0.05, 0.1) is 6.04 Å². The first-order valence-electron chi connectivity index (χ1n) is 5.22. The predicted molar refractivity (Wildman–Crippen MR) is 65.2 cm³/mol. The highest BCUT2D eigenvalue weighted by atomic mass is 16.1. The van der Waals surface area contributed by atoms with Crippen molar-refractivity contribution in [3.05, 3.63) is 48.7 Å². The maximum Gasteiger partial charge on any atom is 0.207 e. The summed E-state index contributed by atoms with van der Waals surface area (Å²) in [6, 6.07) is 8.10. The number of H-pyrrole nitrogens is 1. The average molecular weight is 214 g/mol. The Kier molecular flexibility index (Phi) is 3.05. The van der Waals surface area contributed by atoms with E-state index in [4.69, 9.17) is 0 Å². The number of hydrogen-bond acceptors (Lipinski definition) is 1. The Morgan fingerprint density at radius 3 is 3.00 bits per heavy atom. The zero-order valence-electron chi connectivity index (χ0n) is 8.94. The highest BCUT2D eigenvalue weighted by Gasteiger charge is 2.08. The van der Waals surface area contributed by atoms with E-state index in [2.05, 4.69) is 22.9 Å². The van der Waals surface area contributed by atoms with Gasteiger partial charge in [-0.25, -0.2) is 0 Å². The number of nitrogens with one attached hydrogen (secondary N) is 2. The van der Waals surface area contributed by atoms with Crippen LogP contribution in [0.25, 0.3) is 10.9 Å². The molecule has 1 heterocycles. The Hall–Kier alpha value is -2.03. The first-order chi connectivity index (χ1) is 7.85. The van der Waals surface area contributed by atoms with Gasteiger partial charge < -0.3 is 10.3 Å². The van der Waals surface area contributed by atoms with Crippen LogP contribution < -0.4 is 5.32 Å². The van der Waals surface area contributed by atoms with E-state index in [1.807, 2.05) is 24.4 Å².